The van der Waals surface area contributed by atoms with Crippen LogP contribution < -0.4 is 19.5 Å². The van der Waals surface area contributed by atoms with Crippen molar-refractivity contribution >= 4 is 0 Å². The maximum absolute atomic E-state index is 5.53. The van der Waals surface area contributed by atoms with E-state index in [4.69, 9.17) is 14.2 Å². The van der Waals surface area contributed by atoms with Crippen molar-refractivity contribution in [2.75, 3.05) is 34.4 Å². The Labute approximate surface area is 121 Å². The van der Waals surface area contributed by atoms with E-state index in [1.807, 2.05) is 6.07 Å². The Morgan fingerprint density at radius 2 is 1.70 bits per heavy atom. The van der Waals surface area contributed by atoms with Crippen molar-refractivity contribution in [2.24, 2.45) is 5.92 Å². The number of hydrogen-bond acceptors (Lipinski definition) is 4. The molecule has 0 bridgehead atoms. The second-order valence-corrected chi connectivity index (χ2v) is 5.23. The van der Waals surface area contributed by atoms with E-state index in [-0.39, 0.29) is 0 Å². The first-order valence-electron chi connectivity index (χ1n) is 7.28. The molecule has 112 valence electrons. The van der Waals surface area contributed by atoms with Gasteiger partial charge in [0.25, 0.3) is 0 Å². The van der Waals surface area contributed by atoms with Gasteiger partial charge < -0.3 is 19.5 Å². The molecule has 1 aliphatic rings. The van der Waals surface area contributed by atoms with Gasteiger partial charge in [0.05, 0.1) is 21.3 Å². The molecule has 0 spiro atoms. The summed E-state index contributed by atoms with van der Waals surface area (Å²) in [5.41, 5.74) is 1.20. The molecule has 1 heterocycles. The third-order valence-electron chi connectivity index (χ3n) is 4.07. The second-order valence-electron chi connectivity index (χ2n) is 5.23. The summed E-state index contributed by atoms with van der Waals surface area (Å²) in [6.07, 6.45) is 4.77. The van der Waals surface area contributed by atoms with Gasteiger partial charge in [-0.3, -0.25) is 0 Å². The number of aryl methyl sites for hydroxylation is 1. The summed E-state index contributed by atoms with van der Waals surface area (Å²) in [6.45, 7) is 2.29. The smallest absolute Gasteiger partial charge is 0.203 e. The van der Waals surface area contributed by atoms with E-state index in [0.29, 0.717) is 5.75 Å². The molecule has 1 saturated heterocycles. The molecule has 0 radical (unpaired) electrons. The van der Waals surface area contributed by atoms with E-state index in [1.54, 1.807) is 21.3 Å². The first-order chi connectivity index (χ1) is 9.80. The Kier molecular flexibility index (Phi) is 5.53. The van der Waals surface area contributed by atoms with Gasteiger partial charge in [-0.25, -0.2) is 0 Å². The SMILES string of the molecule is COc1ccc(CCC2CCNCC2)c(OC)c1OC. The summed E-state index contributed by atoms with van der Waals surface area (Å²) in [4.78, 5) is 0. The largest absolute Gasteiger partial charge is 0.493 e. The molecule has 0 aliphatic carbocycles. The van der Waals surface area contributed by atoms with Crippen molar-refractivity contribution in [3.05, 3.63) is 17.7 Å². The van der Waals surface area contributed by atoms with Gasteiger partial charge in [0.15, 0.2) is 11.5 Å². The monoisotopic (exact) mass is 279 g/mol. The van der Waals surface area contributed by atoms with Crippen LogP contribution in [0.4, 0.5) is 0 Å². The van der Waals surface area contributed by atoms with Crippen molar-refractivity contribution in [3.63, 3.8) is 0 Å². The lowest BCUT2D eigenvalue weighted by Gasteiger charge is -2.23. The first kappa shape index (κ1) is 15.0. The molecule has 0 atom stereocenters. The van der Waals surface area contributed by atoms with Gasteiger partial charge in [0.2, 0.25) is 5.75 Å². The maximum Gasteiger partial charge on any atom is 0.203 e. The molecule has 1 fully saturated rings. The summed E-state index contributed by atoms with van der Waals surface area (Å²) in [5.74, 6) is 3.03. The average Bonchev–Trinajstić information content (AvgIpc) is 2.52. The van der Waals surface area contributed by atoms with E-state index in [9.17, 15) is 0 Å². The lowest BCUT2D eigenvalue weighted by atomic mass is 9.91. The van der Waals surface area contributed by atoms with Crippen LogP contribution in [-0.2, 0) is 6.42 Å². The number of ether oxygens (including phenoxy) is 3. The highest BCUT2D eigenvalue weighted by molar-refractivity contribution is 5.55. The van der Waals surface area contributed by atoms with Crippen LogP contribution in [0.1, 0.15) is 24.8 Å². The fourth-order valence-corrected chi connectivity index (χ4v) is 2.89. The van der Waals surface area contributed by atoms with E-state index >= 15 is 0 Å². The zero-order valence-electron chi connectivity index (χ0n) is 12.7. The van der Waals surface area contributed by atoms with Crippen LogP contribution in [0.25, 0.3) is 0 Å². The van der Waals surface area contributed by atoms with Crippen molar-refractivity contribution in [1.29, 1.82) is 0 Å². The molecule has 1 aromatic carbocycles. The van der Waals surface area contributed by atoms with E-state index in [2.05, 4.69) is 11.4 Å². The Balaban J connectivity index is 2.10. The number of nitrogens with one attached hydrogen (secondary N) is 1. The normalized spacial score (nSPS) is 15.9. The molecular weight excluding hydrogens is 254 g/mol. The van der Waals surface area contributed by atoms with E-state index in [1.165, 1.54) is 24.8 Å². The van der Waals surface area contributed by atoms with Crippen molar-refractivity contribution < 1.29 is 14.2 Å². The van der Waals surface area contributed by atoms with Crippen LogP contribution in [0.15, 0.2) is 12.1 Å². The average molecular weight is 279 g/mol. The lowest BCUT2D eigenvalue weighted by molar-refractivity contribution is 0.319. The quantitative estimate of drug-likeness (QED) is 0.869. The summed E-state index contributed by atoms with van der Waals surface area (Å²) < 4.78 is 16.3. The number of rotatable bonds is 6. The summed E-state index contributed by atoms with van der Waals surface area (Å²) in [6, 6.07) is 4.04. The molecule has 4 heteroatoms. The Morgan fingerprint density at radius 3 is 2.30 bits per heavy atom. The van der Waals surface area contributed by atoms with E-state index < -0.39 is 0 Å². The minimum atomic E-state index is 0.692. The minimum absolute atomic E-state index is 0.692. The van der Waals surface area contributed by atoms with E-state index in [0.717, 1.165) is 36.9 Å². The van der Waals surface area contributed by atoms with Crippen LogP contribution in [0.5, 0.6) is 17.2 Å². The van der Waals surface area contributed by atoms with Crippen LogP contribution >= 0.6 is 0 Å². The molecule has 1 aromatic rings. The highest BCUT2D eigenvalue weighted by Crippen LogP contribution is 2.40. The van der Waals surface area contributed by atoms with Gasteiger partial charge in [-0.15, -0.1) is 0 Å². The fourth-order valence-electron chi connectivity index (χ4n) is 2.89. The number of methoxy groups -OCH3 is 3. The third kappa shape index (κ3) is 3.37. The zero-order valence-corrected chi connectivity index (χ0v) is 12.7. The molecule has 0 unspecified atom stereocenters. The molecular formula is C16H25NO3. The van der Waals surface area contributed by atoms with Gasteiger partial charge in [-0.05, 0) is 56.3 Å². The van der Waals surface area contributed by atoms with Crippen molar-refractivity contribution in [3.8, 4) is 17.2 Å². The number of benzene rings is 1. The van der Waals surface area contributed by atoms with Crippen LogP contribution in [0, 0.1) is 5.92 Å². The molecule has 0 saturated carbocycles. The standard InChI is InChI=1S/C16H25NO3/c1-18-14-7-6-13(15(19-2)16(14)20-3)5-4-12-8-10-17-11-9-12/h6-7,12,17H,4-5,8-11H2,1-3H3. The van der Waals surface area contributed by atoms with Gasteiger partial charge in [0.1, 0.15) is 0 Å². The van der Waals surface area contributed by atoms with Crippen molar-refractivity contribution in [2.45, 2.75) is 25.7 Å². The molecule has 0 amide bonds. The Hall–Kier alpha value is -1.42. The van der Waals surface area contributed by atoms with Gasteiger partial charge in [-0.1, -0.05) is 6.07 Å². The van der Waals surface area contributed by atoms with Crippen LogP contribution in [0.3, 0.4) is 0 Å². The molecule has 0 aromatic heterocycles. The molecule has 2 rings (SSSR count). The minimum Gasteiger partial charge on any atom is -0.493 e. The molecule has 1 aliphatic heterocycles. The maximum atomic E-state index is 5.53. The van der Waals surface area contributed by atoms with Gasteiger partial charge in [-0.2, -0.15) is 0 Å². The highest BCUT2D eigenvalue weighted by atomic mass is 16.5. The zero-order chi connectivity index (χ0) is 14.4. The molecule has 20 heavy (non-hydrogen) atoms. The predicted octanol–water partition coefficient (Wildman–Crippen LogP) is 2.64. The van der Waals surface area contributed by atoms with Gasteiger partial charge in [0, 0.05) is 0 Å². The van der Waals surface area contributed by atoms with Crippen LogP contribution in [0.2, 0.25) is 0 Å². The number of piperidine rings is 1. The molecule has 4 nitrogen and oxygen atoms in total. The number of hydrogen-bond donors (Lipinski definition) is 1. The summed E-state index contributed by atoms with van der Waals surface area (Å²) in [7, 11) is 4.98. The lowest BCUT2D eigenvalue weighted by Crippen LogP contribution is -2.27. The summed E-state index contributed by atoms with van der Waals surface area (Å²) >= 11 is 0. The van der Waals surface area contributed by atoms with Gasteiger partial charge >= 0.3 is 0 Å². The second kappa shape index (κ2) is 7.39. The van der Waals surface area contributed by atoms with Crippen molar-refractivity contribution in [1.82, 2.24) is 5.32 Å². The Bertz CT molecular complexity index is 428. The van der Waals surface area contributed by atoms with Crippen LogP contribution in [-0.4, -0.2) is 34.4 Å². The Morgan fingerprint density at radius 1 is 1.00 bits per heavy atom. The highest BCUT2D eigenvalue weighted by Gasteiger charge is 2.18. The molecule has 1 N–H and O–H groups in total. The fraction of sp³-hybridized carbons (Fsp3) is 0.625. The first-order valence-corrected chi connectivity index (χ1v) is 7.28. The third-order valence-corrected chi connectivity index (χ3v) is 4.07. The predicted molar refractivity (Wildman–Crippen MR) is 80.0 cm³/mol. The summed E-state index contributed by atoms with van der Waals surface area (Å²) in [5, 5.41) is 3.41. The topological polar surface area (TPSA) is 39.7 Å².